The van der Waals surface area contributed by atoms with Crippen LogP contribution in [0.3, 0.4) is 0 Å². The normalized spacial score (nSPS) is 27.2. The van der Waals surface area contributed by atoms with Gasteiger partial charge in [-0.1, -0.05) is 11.6 Å². The largest absolute Gasteiger partial charge is 0.386 e. The zero-order chi connectivity index (χ0) is 26.0. The van der Waals surface area contributed by atoms with Crippen LogP contribution in [0.25, 0.3) is 5.65 Å². The van der Waals surface area contributed by atoms with Crippen LogP contribution in [-0.4, -0.2) is 46.9 Å². The zero-order valence-corrected chi connectivity index (χ0v) is 22.0. The van der Waals surface area contributed by atoms with E-state index in [1.54, 1.807) is 50.4 Å². The van der Waals surface area contributed by atoms with Crippen LogP contribution in [0.4, 0.5) is 10.2 Å². The molecule has 0 saturated carbocycles. The van der Waals surface area contributed by atoms with Gasteiger partial charge >= 0.3 is 0 Å². The summed E-state index contributed by atoms with van der Waals surface area (Å²) in [5.74, 6) is -0.874. The standard InChI is InChI=1S/C24H27ClFN7O2S/c1-13-19(31-18-10-7-14(25)12-33(13)18)21(34)30-17-9-8-15(26)20(29-17)24(4)16-6-5-11-28-36(16,35)23(2,3)22(27)32-24/h7-10,12,16H,5-6,11H2,1-4H3,(H2,27,32)(H,29,30,34)/t16-,24-,36-/m0/s1. The van der Waals surface area contributed by atoms with Gasteiger partial charge < -0.3 is 15.5 Å². The predicted molar refractivity (Wildman–Crippen MR) is 139 cm³/mol. The number of carbonyl (C=O) groups is 1. The van der Waals surface area contributed by atoms with Gasteiger partial charge in [-0.05, 0) is 64.8 Å². The number of rotatable bonds is 3. The van der Waals surface area contributed by atoms with Crippen LogP contribution in [0.1, 0.15) is 55.5 Å². The number of hydrogen-bond acceptors (Lipinski definition) is 7. The number of amides is 1. The van der Waals surface area contributed by atoms with Gasteiger partial charge in [-0.15, -0.1) is 0 Å². The van der Waals surface area contributed by atoms with Crippen molar-refractivity contribution in [1.29, 1.82) is 0 Å². The van der Waals surface area contributed by atoms with E-state index in [2.05, 4.69) is 24.6 Å². The van der Waals surface area contributed by atoms with Crippen LogP contribution in [0.5, 0.6) is 0 Å². The summed E-state index contributed by atoms with van der Waals surface area (Å²) >= 11 is 6.07. The Labute approximate surface area is 213 Å². The van der Waals surface area contributed by atoms with Gasteiger partial charge in [0.15, 0.2) is 5.69 Å². The third-order valence-corrected chi connectivity index (χ3v) is 11.2. The third kappa shape index (κ3) is 3.51. The summed E-state index contributed by atoms with van der Waals surface area (Å²) in [5.41, 5.74) is 6.29. The molecule has 3 atom stereocenters. The highest BCUT2D eigenvalue weighted by atomic mass is 35.5. The number of aliphatic imine (C=N–C) groups is 1. The fourth-order valence-corrected chi connectivity index (χ4v) is 8.43. The summed E-state index contributed by atoms with van der Waals surface area (Å²) in [5, 5.41) is 2.63. The number of nitrogens with one attached hydrogen (secondary N) is 1. The maximum absolute atomic E-state index is 15.3. The highest BCUT2D eigenvalue weighted by molar-refractivity contribution is 7.96. The lowest BCUT2D eigenvalue weighted by Gasteiger charge is -2.47. The minimum Gasteiger partial charge on any atom is -0.386 e. The Balaban J connectivity index is 1.56. The fraction of sp³-hybridized carbons (Fsp3) is 0.417. The lowest BCUT2D eigenvalue weighted by Crippen LogP contribution is -2.60. The van der Waals surface area contributed by atoms with E-state index in [4.69, 9.17) is 17.3 Å². The molecular formula is C24H27ClFN7O2S. The molecule has 36 heavy (non-hydrogen) atoms. The van der Waals surface area contributed by atoms with Crippen molar-refractivity contribution in [2.45, 2.75) is 56.1 Å². The SMILES string of the molecule is Cc1c(C(=O)Nc2ccc(F)c([C@@]3(C)N=C(N)C(C)(C)[S@]4(=O)=NCCC[C@@H]34)n2)nc2ccc(Cl)cn12. The quantitative estimate of drug-likeness (QED) is 0.526. The van der Waals surface area contributed by atoms with E-state index < -0.39 is 37.0 Å². The molecule has 0 fully saturated rings. The summed E-state index contributed by atoms with van der Waals surface area (Å²) in [7, 11) is -2.88. The fourth-order valence-electron chi connectivity index (χ4n) is 5.04. The number of anilines is 1. The van der Waals surface area contributed by atoms with E-state index in [9.17, 15) is 9.00 Å². The number of carbonyl (C=O) groups excluding carboxylic acids is 1. The van der Waals surface area contributed by atoms with Gasteiger partial charge in [0.25, 0.3) is 5.91 Å². The Morgan fingerprint density at radius 2 is 2.00 bits per heavy atom. The Morgan fingerprint density at radius 1 is 1.25 bits per heavy atom. The van der Waals surface area contributed by atoms with E-state index in [1.165, 1.54) is 12.1 Å². The summed E-state index contributed by atoms with van der Waals surface area (Å²) in [6.45, 7) is 7.42. The number of fused-ring (bicyclic) bond motifs is 2. The highest BCUT2D eigenvalue weighted by Gasteiger charge is 2.56. The van der Waals surface area contributed by atoms with Gasteiger partial charge in [-0.2, -0.15) is 0 Å². The molecule has 12 heteroatoms. The van der Waals surface area contributed by atoms with Gasteiger partial charge in [0, 0.05) is 12.7 Å². The third-order valence-electron chi connectivity index (χ3n) is 7.22. The van der Waals surface area contributed by atoms with E-state index in [1.807, 2.05) is 0 Å². The molecule has 5 rings (SSSR count). The Morgan fingerprint density at radius 3 is 2.75 bits per heavy atom. The number of pyridine rings is 2. The molecule has 0 saturated heterocycles. The summed E-state index contributed by atoms with van der Waals surface area (Å²) < 4.78 is 34.7. The summed E-state index contributed by atoms with van der Waals surface area (Å²) in [6, 6.07) is 5.98. The van der Waals surface area contributed by atoms with Crippen molar-refractivity contribution in [3.05, 3.63) is 58.4 Å². The number of aryl methyl sites for hydroxylation is 1. The summed E-state index contributed by atoms with van der Waals surface area (Å²) in [4.78, 5) is 26.6. The molecule has 3 N–H and O–H groups in total. The second-order valence-corrected chi connectivity index (χ2v) is 13.2. The molecule has 0 unspecified atom stereocenters. The van der Waals surface area contributed by atoms with E-state index >= 15 is 4.39 Å². The number of halogens is 2. The van der Waals surface area contributed by atoms with Gasteiger partial charge in [0.2, 0.25) is 0 Å². The topological polar surface area (TPSA) is 127 Å². The van der Waals surface area contributed by atoms with Crippen molar-refractivity contribution in [2.24, 2.45) is 15.1 Å². The van der Waals surface area contributed by atoms with Crippen molar-refractivity contribution in [1.82, 2.24) is 14.4 Å². The van der Waals surface area contributed by atoms with E-state index in [0.717, 1.165) is 0 Å². The van der Waals surface area contributed by atoms with E-state index in [0.29, 0.717) is 35.8 Å². The van der Waals surface area contributed by atoms with Gasteiger partial charge in [-0.3, -0.25) is 9.79 Å². The summed E-state index contributed by atoms with van der Waals surface area (Å²) in [6.07, 6.45) is 2.92. The number of aromatic nitrogens is 3. The first kappa shape index (κ1) is 24.6. The number of nitrogens with zero attached hydrogens (tertiary/aromatic N) is 5. The van der Waals surface area contributed by atoms with Crippen LogP contribution in [0.2, 0.25) is 5.02 Å². The lowest BCUT2D eigenvalue weighted by atomic mass is 9.89. The van der Waals surface area contributed by atoms with E-state index in [-0.39, 0.29) is 23.0 Å². The van der Waals surface area contributed by atoms with Crippen molar-refractivity contribution >= 4 is 44.5 Å². The molecule has 0 bridgehead atoms. The minimum absolute atomic E-state index is 0.0351. The Hall–Kier alpha value is -3.05. The highest BCUT2D eigenvalue weighted by Crippen LogP contribution is 2.47. The first-order chi connectivity index (χ1) is 16.9. The number of hydrogen-bond donors (Lipinski definition) is 2. The number of nitrogens with two attached hydrogens (primary N) is 1. The second-order valence-electron chi connectivity index (χ2n) is 9.81. The molecule has 0 radical (unpaired) electrons. The minimum atomic E-state index is -2.88. The molecule has 3 aromatic heterocycles. The molecule has 9 nitrogen and oxygen atoms in total. The first-order valence-corrected chi connectivity index (χ1v) is 13.5. The molecule has 2 aliphatic heterocycles. The molecule has 0 spiro atoms. The monoisotopic (exact) mass is 531 g/mol. The van der Waals surface area contributed by atoms with Crippen LogP contribution >= 0.6 is 11.6 Å². The number of imidazole rings is 1. The molecule has 2 aliphatic rings. The van der Waals surface area contributed by atoms with Crippen molar-refractivity contribution in [2.75, 3.05) is 11.9 Å². The zero-order valence-electron chi connectivity index (χ0n) is 20.4. The average Bonchev–Trinajstić information content (AvgIpc) is 3.15. The predicted octanol–water partition coefficient (Wildman–Crippen LogP) is 4.08. The molecule has 5 heterocycles. The molecule has 190 valence electrons. The smallest absolute Gasteiger partial charge is 0.277 e. The Kier molecular flexibility index (Phi) is 5.64. The second kappa shape index (κ2) is 8.24. The molecule has 0 aliphatic carbocycles. The Bertz CT molecular complexity index is 1570. The van der Waals surface area contributed by atoms with Gasteiger partial charge in [0.05, 0.1) is 25.7 Å². The van der Waals surface area contributed by atoms with Gasteiger partial charge in [-0.25, -0.2) is 22.9 Å². The maximum atomic E-state index is 15.3. The molecule has 0 aromatic carbocycles. The van der Waals surface area contributed by atoms with Gasteiger partial charge in [0.1, 0.15) is 39.1 Å². The van der Waals surface area contributed by atoms with Crippen LogP contribution < -0.4 is 11.1 Å². The van der Waals surface area contributed by atoms with Crippen LogP contribution in [-0.2, 0) is 15.3 Å². The molecule has 1 amide bonds. The molecular weight excluding hydrogens is 505 g/mol. The average molecular weight is 532 g/mol. The van der Waals surface area contributed by atoms with Crippen LogP contribution in [0, 0.1) is 12.7 Å². The first-order valence-electron chi connectivity index (χ1n) is 11.6. The molecule has 3 aromatic rings. The van der Waals surface area contributed by atoms with Crippen molar-refractivity contribution in [3.63, 3.8) is 0 Å². The van der Waals surface area contributed by atoms with Crippen LogP contribution in [0.15, 0.2) is 39.8 Å². The van der Waals surface area contributed by atoms with Crippen molar-refractivity contribution in [3.8, 4) is 0 Å². The number of amidine groups is 1. The maximum Gasteiger partial charge on any atom is 0.277 e. The lowest BCUT2D eigenvalue weighted by molar-refractivity contribution is 0.102. The van der Waals surface area contributed by atoms with Crippen molar-refractivity contribution < 1.29 is 13.4 Å².